The Kier molecular flexibility index (Phi) is 3.76. The molecule has 1 aliphatic carbocycles. The molecule has 3 unspecified atom stereocenters. The molecule has 3 heteroatoms. The lowest BCUT2D eigenvalue weighted by Gasteiger charge is -2.18. The van der Waals surface area contributed by atoms with Crippen molar-refractivity contribution in [1.29, 1.82) is 0 Å². The van der Waals surface area contributed by atoms with E-state index in [9.17, 15) is 0 Å². The third-order valence-electron chi connectivity index (χ3n) is 3.66. The molecule has 0 aromatic carbocycles. The van der Waals surface area contributed by atoms with Crippen LogP contribution in [0, 0.1) is 11.8 Å². The van der Waals surface area contributed by atoms with E-state index in [1.807, 2.05) is 11.6 Å². The molecule has 1 heterocycles. The highest BCUT2D eigenvalue weighted by atomic mass is 32.1. The van der Waals surface area contributed by atoms with Gasteiger partial charge in [-0.05, 0) is 24.7 Å². The fourth-order valence-electron chi connectivity index (χ4n) is 2.60. The molecule has 0 amide bonds. The molecule has 1 saturated carbocycles. The SMILES string of the molecule is CCC1CCC(C(N)Cc2nccs2)C1. The van der Waals surface area contributed by atoms with E-state index >= 15 is 0 Å². The molecule has 15 heavy (non-hydrogen) atoms. The van der Waals surface area contributed by atoms with Crippen molar-refractivity contribution in [2.45, 2.75) is 45.1 Å². The predicted octanol–water partition coefficient (Wildman–Crippen LogP) is 2.84. The number of aromatic nitrogens is 1. The molecule has 2 nitrogen and oxygen atoms in total. The zero-order valence-electron chi connectivity index (χ0n) is 9.36. The average Bonchev–Trinajstić information content (AvgIpc) is 2.86. The van der Waals surface area contributed by atoms with Crippen LogP contribution in [0.25, 0.3) is 0 Å². The summed E-state index contributed by atoms with van der Waals surface area (Å²) >= 11 is 1.73. The van der Waals surface area contributed by atoms with Gasteiger partial charge in [-0.15, -0.1) is 11.3 Å². The van der Waals surface area contributed by atoms with E-state index in [1.165, 1.54) is 30.7 Å². The van der Waals surface area contributed by atoms with Crippen LogP contribution in [0.1, 0.15) is 37.6 Å². The van der Waals surface area contributed by atoms with Gasteiger partial charge >= 0.3 is 0 Å². The fourth-order valence-corrected chi connectivity index (χ4v) is 3.28. The lowest BCUT2D eigenvalue weighted by Crippen LogP contribution is -2.30. The molecule has 2 rings (SSSR count). The van der Waals surface area contributed by atoms with Crippen molar-refractivity contribution in [3.05, 3.63) is 16.6 Å². The van der Waals surface area contributed by atoms with Crippen LogP contribution >= 0.6 is 11.3 Å². The summed E-state index contributed by atoms with van der Waals surface area (Å²) in [6, 6.07) is 0.327. The summed E-state index contributed by atoms with van der Waals surface area (Å²) in [6.45, 7) is 2.29. The van der Waals surface area contributed by atoms with E-state index in [4.69, 9.17) is 5.73 Å². The monoisotopic (exact) mass is 224 g/mol. The van der Waals surface area contributed by atoms with Gasteiger partial charge in [-0.3, -0.25) is 0 Å². The average molecular weight is 224 g/mol. The maximum atomic E-state index is 6.25. The quantitative estimate of drug-likeness (QED) is 0.854. The van der Waals surface area contributed by atoms with E-state index in [2.05, 4.69) is 11.9 Å². The summed E-state index contributed by atoms with van der Waals surface area (Å²) in [5, 5.41) is 3.23. The number of nitrogens with zero attached hydrogens (tertiary/aromatic N) is 1. The smallest absolute Gasteiger partial charge is 0.0940 e. The second-order valence-corrected chi connectivity index (χ2v) is 5.62. The van der Waals surface area contributed by atoms with Crippen LogP contribution in [-0.2, 0) is 6.42 Å². The molecular weight excluding hydrogens is 204 g/mol. The molecule has 0 radical (unpaired) electrons. The number of thiazole rings is 1. The first-order valence-electron chi connectivity index (χ1n) is 5.93. The summed E-state index contributed by atoms with van der Waals surface area (Å²) in [5.41, 5.74) is 6.25. The normalized spacial score (nSPS) is 28.1. The second-order valence-electron chi connectivity index (χ2n) is 4.64. The number of hydrogen-bond donors (Lipinski definition) is 1. The summed E-state index contributed by atoms with van der Waals surface area (Å²) in [5.74, 6) is 1.66. The molecule has 0 saturated heterocycles. The van der Waals surface area contributed by atoms with E-state index in [0.29, 0.717) is 6.04 Å². The summed E-state index contributed by atoms with van der Waals surface area (Å²) in [7, 11) is 0. The molecule has 0 aliphatic heterocycles. The molecule has 0 spiro atoms. The Hall–Kier alpha value is -0.410. The van der Waals surface area contributed by atoms with Crippen LogP contribution in [0.4, 0.5) is 0 Å². The highest BCUT2D eigenvalue weighted by molar-refractivity contribution is 7.09. The van der Waals surface area contributed by atoms with Crippen molar-refractivity contribution in [1.82, 2.24) is 4.98 Å². The zero-order chi connectivity index (χ0) is 10.7. The van der Waals surface area contributed by atoms with Crippen LogP contribution in [0.15, 0.2) is 11.6 Å². The van der Waals surface area contributed by atoms with Crippen molar-refractivity contribution in [3.8, 4) is 0 Å². The van der Waals surface area contributed by atoms with Gasteiger partial charge in [0.25, 0.3) is 0 Å². The van der Waals surface area contributed by atoms with E-state index in [0.717, 1.165) is 18.3 Å². The van der Waals surface area contributed by atoms with E-state index in [-0.39, 0.29) is 0 Å². The van der Waals surface area contributed by atoms with Crippen LogP contribution in [0.3, 0.4) is 0 Å². The Balaban J connectivity index is 1.84. The van der Waals surface area contributed by atoms with Gasteiger partial charge in [0.05, 0.1) is 5.01 Å². The maximum absolute atomic E-state index is 6.25. The van der Waals surface area contributed by atoms with Crippen molar-refractivity contribution < 1.29 is 0 Å². The number of hydrogen-bond acceptors (Lipinski definition) is 3. The third kappa shape index (κ3) is 2.79. The Bertz CT molecular complexity index is 284. The summed E-state index contributed by atoms with van der Waals surface area (Å²) in [4.78, 5) is 4.31. The lowest BCUT2D eigenvalue weighted by molar-refractivity contribution is 0.404. The third-order valence-corrected chi connectivity index (χ3v) is 4.46. The molecular formula is C12H20N2S. The van der Waals surface area contributed by atoms with Crippen molar-refractivity contribution >= 4 is 11.3 Å². The van der Waals surface area contributed by atoms with Gasteiger partial charge in [-0.2, -0.15) is 0 Å². The fraction of sp³-hybridized carbons (Fsp3) is 0.750. The minimum Gasteiger partial charge on any atom is -0.327 e. The first-order chi connectivity index (χ1) is 7.29. The first kappa shape index (κ1) is 11.1. The summed E-state index contributed by atoms with van der Waals surface area (Å²) < 4.78 is 0. The maximum Gasteiger partial charge on any atom is 0.0940 e. The standard InChI is InChI=1S/C12H20N2S/c1-2-9-3-4-10(7-9)11(13)8-12-14-5-6-15-12/h5-6,9-11H,2-4,7-8,13H2,1H3. The Morgan fingerprint density at radius 3 is 3.07 bits per heavy atom. The predicted molar refractivity (Wildman–Crippen MR) is 64.9 cm³/mol. The molecule has 0 bridgehead atoms. The van der Waals surface area contributed by atoms with Gasteiger partial charge in [0.2, 0.25) is 0 Å². The summed E-state index contributed by atoms with van der Waals surface area (Å²) in [6.07, 6.45) is 8.20. The van der Waals surface area contributed by atoms with Crippen LogP contribution in [0.2, 0.25) is 0 Å². The Morgan fingerprint density at radius 2 is 2.47 bits per heavy atom. The number of rotatable bonds is 4. The van der Waals surface area contributed by atoms with E-state index < -0.39 is 0 Å². The molecule has 1 aliphatic rings. The Morgan fingerprint density at radius 1 is 1.60 bits per heavy atom. The minimum atomic E-state index is 0.327. The number of nitrogens with two attached hydrogens (primary N) is 1. The van der Waals surface area contributed by atoms with Gasteiger partial charge < -0.3 is 5.73 Å². The molecule has 1 fully saturated rings. The first-order valence-corrected chi connectivity index (χ1v) is 6.81. The van der Waals surface area contributed by atoms with Crippen LogP contribution in [0.5, 0.6) is 0 Å². The van der Waals surface area contributed by atoms with Crippen LogP contribution in [-0.4, -0.2) is 11.0 Å². The largest absolute Gasteiger partial charge is 0.327 e. The highest BCUT2D eigenvalue weighted by Gasteiger charge is 2.28. The van der Waals surface area contributed by atoms with Crippen molar-refractivity contribution in [2.24, 2.45) is 17.6 Å². The van der Waals surface area contributed by atoms with E-state index in [1.54, 1.807) is 11.3 Å². The van der Waals surface area contributed by atoms with Gasteiger partial charge in [-0.1, -0.05) is 19.8 Å². The van der Waals surface area contributed by atoms with Crippen LogP contribution < -0.4 is 5.73 Å². The highest BCUT2D eigenvalue weighted by Crippen LogP contribution is 2.35. The Labute approximate surface area is 95.9 Å². The van der Waals surface area contributed by atoms with Gasteiger partial charge in [0.15, 0.2) is 0 Å². The van der Waals surface area contributed by atoms with Crippen molar-refractivity contribution in [2.75, 3.05) is 0 Å². The zero-order valence-corrected chi connectivity index (χ0v) is 10.2. The minimum absolute atomic E-state index is 0.327. The van der Waals surface area contributed by atoms with Gasteiger partial charge in [0, 0.05) is 24.0 Å². The second kappa shape index (κ2) is 5.08. The lowest BCUT2D eigenvalue weighted by atomic mass is 9.94. The molecule has 1 aromatic rings. The van der Waals surface area contributed by atoms with Gasteiger partial charge in [-0.25, -0.2) is 4.98 Å². The molecule has 2 N–H and O–H groups in total. The van der Waals surface area contributed by atoms with Gasteiger partial charge in [0.1, 0.15) is 0 Å². The molecule has 3 atom stereocenters. The van der Waals surface area contributed by atoms with Crippen molar-refractivity contribution in [3.63, 3.8) is 0 Å². The molecule has 1 aromatic heterocycles. The topological polar surface area (TPSA) is 38.9 Å². The molecule has 84 valence electrons.